The summed E-state index contributed by atoms with van der Waals surface area (Å²) in [4.78, 5) is 30.3. The molecule has 0 atom stereocenters. The summed E-state index contributed by atoms with van der Waals surface area (Å²) in [6.07, 6.45) is 2.95. The first-order chi connectivity index (χ1) is 12.6. The maximum atomic E-state index is 12.4. The predicted octanol–water partition coefficient (Wildman–Crippen LogP) is 1.47. The number of amides is 2. The highest BCUT2D eigenvalue weighted by Gasteiger charge is 2.35. The van der Waals surface area contributed by atoms with Gasteiger partial charge in [0.15, 0.2) is 0 Å². The lowest BCUT2D eigenvalue weighted by Gasteiger charge is -2.35. The van der Waals surface area contributed by atoms with Gasteiger partial charge in [-0.2, -0.15) is 0 Å². The zero-order valence-corrected chi connectivity index (χ0v) is 15.6. The van der Waals surface area contributed by atoms with Crippen molar-refractivity contribution in [2.24, 2.45) is 5.92 Å². The zero-order valence-electron chi connectivity index (χ0n) is 15.6. The molecule has 2 fully saturated rings. The van der Waals surface area contributed by atoms with Crippen LogP contribution in [-0.2, 0) is 9.59 Å². The molecule has 142 valence electrons. The van der Waals surface area contributed by atoms with E-state index >= 15 is 0 Å². The Bertz CT molecular complexity index is 596. The van der Waals surface area contributed by atoms with Crippen molar-refractivity contribution in [3.63, 3.8) is 0 Å². The van der Waals surface area contributed by atoms with Gasteiger partial charge in [-0.15, -0.1) is 0 Å². The maximum absolute atomic E-state index is 12.4. The van der Waals surface area contributed by atoms with Crippen LogP contribution in [-0.4, -0.2) is 79.4 Å². The van der Waals surface area contributed by atoms with Gasteiger partial charge >= 0.3 is 0 Å². The largest absolute Gasteiger partial charge is 0.494 e. The van der Waals surface area contributed by atoms with Crippen LogP contribution in [0.15, 0.2) is 30.3 Å². The molecule has 1 aromatic carbocycles. The highest BCUT2D eigenvalue weighted by Crippen LogP contribution is 2.31. The molecule has 0 spiro atoms. The van der Waals surface area contributed by atoms with Crippen molar-refractivity contribution in [1.82, 2.24) is 14.7 Å². The van der Waals surface area contributed by atoms with Gasteiger partial charge in [0.25, 0.3) is 0 Å². The second-order valence-electron chi connectivity index (χ2n) is 7.23. The molecule has 6 heteroatoms. The topological polar surface area (TPSA) is 53.1 Å². The van der Waals surface area contributed by atoms with Crippen LogP contribution in [0.5, 0.6) is 5.75 Å². The first kappa shape index (κ1) is 18.7. The second-order valence-corrected chi connectivity index (χ2v) is 7.23. The van der Waals surface area contributed by atoms with E-state index < -0.39 is 0 Å². The Kier molecular flexibility index (Phi) is 6.50. The third kappa shape index (κ3) is 5.46. The summed E-state index contributed by atoms with van der Waals surface area (Å²) in [5, 5.41) is 0. The fourth-order valence-electron chi connectivity index (χ4n) is 3.22. The third-order valence-electron chi connectivity index (χ3n) is 4.97. The Morgan fingerprint density at radius 2 is 1.73 bits per heavy atom. The number of carbonyl (C=O) groups is 2. The molecule has 1 heterocycles. The van der Waals surface area contributed by atoms with Crippen LogP contribution < -0.4 is 4.74 Å². The van der Waals surface area contributed by atoms with Crippen LogP contribution in [0.4, 0.5) is 0 Å². The number of hydrogen-bond acceptors (Lipinski definition) is 4. The molecule has 1 saturated carbocycles. The van der Waals surface area contributed by atoms with E-state index in [1.807, 2.05) is 52.1 Å². The number of benzene rings is 1. The number of piperazine rings is 1. The van der Waals surface area contributed by atoms with Crippen molar-refractivity contribution in [3.05, 3.63) is 30.3 Å². The average molecular weight is 359 g/mol. The van der Waals surface area contributed by atoms with Crippen molar-refractivity contribution < 1.29 is 14.3 Å². The number of ether oxygens (including phenoxy) is 1. The van der Waals surface area contributed by atoms with E-state index in [0.717, 1.165) is 31.6 Å². The molecule has 3 rings (SSSR count). The van der Waals surface area contributed by atoms with Crippen LogP contribution in [0.1, 0.15) is 19.3 Å². The predicted molar refractivity (Wildman–Crippen MR) is 99.9 cm³/mol. The fraction of sp³-hybridized carbons (Fsp3) is 0.600. The van der Waals surface area contributed by atoms with Crippen molar-refractivity contribution in [1.29, 1.82) is 0 Å². The number of hydrogen-bond donors (Lipinski definition) is 0. The Labute approximate surface area is 155 Å². The van der Waals surface area contributed by atoms with Crippen LogP contribution in [0.2, 0.25) is 0 Å². The monoisotopic (exact) mass is 359 g/mol. The van der Waals surface area contributed by atoms with E-state index in [1.165, 1.54) is 0 Å². The SMILES string of the molecule is CN(CCCOc1ccccc1)CC(=O)N1CCN(C(=O)C2CC2)CC1. The van der Waals surface area contributed by atoms with Crippen molar-refractivity contribution in [2.45, 2.75) is 19.3 Å². The molecule has 1 saturated heterocycles. The summed E-state index contributed by atoms with van der Waals surface area (Å²) >= 11 is 0. The van der Waals surface area contributed by atoms with Gasteiger partial charge in [-0.3, -0.25) is 14.5 Å². The molecule has 2 amide bonds. The van der Waals surface area contributed by atoms with Gasteiger partial charge in [-0.25, -0.2) is 0 Å². The van der Waals surface area contributed by atoms with Crippen LogP contribution >= 0.6 is 0 Å². The van der Waals surface area contributed by atoms with E-state index in [4.69, 9.17) is 4.74 Å². The molecular formula is C20H29N3O3. The minimum Gasteiger partial charge on any atom is -0.494 e. The lowest BCUT2D eigenvalue weighted by atomic mass is 10.2. The lowest BCUT2D eigenvalue weighted by Crippen LogP contribution is -2.52. The first-order valence-electron chi connectivity index (χ1n) is 9.56. The maximum Gasteiger partial charge on any atom is 0.236 e. The standard InChI is InChI=1S/C20H29N3O3/c1-21(10-5-15-26-18-6-3-2-4-7-18)16-19(24)22-11-13-23(14-12-22)20(25)17-8-9-17/h2-4,6-7,17H,5,8-16H2,1H3. The van der Waals surface area contributed by atoms with E-state index in [1.54, 1.807) is 0 Å². The summed E-state index contributed by atoms with van der Waals surface area (Å²) in [5.41, 5.74) is 0. The zero-order chi connectivity index (χ0) is 18.4. The summed E-state index contributed by atoms with van der Waals surface area (Å²) in [7, 11) is 1.97. The van der Waals surface area contributed by atoms with Gasteiger partial charge in [-0.1, -0.05) is 18.2 Å². The minimum absolute atomic E-state index is 0.148. The molecule has 0 unspecified atom stereocenters. The summed E-state index contributed by atoms with van der Waals surface area (Å²) in [6, 6.07) is 9.77. The highest BCUT2D eigenvalue weighted by atomic mass is 16.5. The fourth-order valence-corrected chi connectivity index (χ4v) is 3.22. The van der Waals surface area contributed by atoms with Gasteiger partial charge in [0.05, 0.1) is 13.2 Å². The number of carbonyl (C=O) groups excluding carboxylic acids is 2. The quantitative estimate of drug-likeness (QED) is 0.660. The summed E-state index contributed by atoms with van der Waals surface area (Å²) in [6.45, 7) is 4.54. The third-order valence-corrected chi connectivity index (χ3v) is 4.97. The molecule has 1 aliphatic carbocycles. The highest BCUT2D eigenvalue weighted by molar-refractivity contribution is 5.82. The summed E-state index contributed by atoms with van der Waals surface area (Å²) < 4.78 is 5.68. The van der Waals surface area contributed by atoms with Crippen LogP contribution in [0.3, 0.4) is 0 Å². The average Bonchev–Trinajstić information content (AvgIpc) is 3.51. The smallest absolute Gasteiger partial charge is 0.236 e. The molecule has 1 aliphatic heterocycles. The Balaban J connectivity index is 1.29. The number of likely N-dealkylation sites (N-methyl/N-ethyl adjacent to an activating group) is 1. The minimum atomic E-state index is 0.148. The van der Waals surface area contributed by atoms with E-state index in [2.05, 4.69) is 0 Å². The molecule has 0 N–H and O–H groups in total. The van der Waals surface area contributed by atoms with Gasteiger partial charge < -0.3 is 14.5 Å². The molecule has 0 aromatic heterocycles. The summed E-state index contributed by atoms with van der Waals surface area (Å²) in [5.74, 6) is 1.58. The van der Waals surface area contributed by atoms with Crippen LogP contribution in [0.25, 0.3) is 0 Å². The second kappa shape index (κ2) is 9.03. The molecule has 0 bridgehead atoms. The molecule has 1 aromatic rings. The van der Waals surface area contributed by atoms with Gasteiger partial charge in [-0.05, 0) is 38.4 Å². The number of para-hydroxylation sites is 1. The molecule has 6 nitrogen and oxygen atoms in total. The van der Waals surface area contributed by atoms with E-state index in [9.17, 15) is 9.59 Å². The Morgan fingerprint density at radius 3 is 2.38 bits per heavy atom. The van der Waals surface area contributed by atoms with Gasteiger partial charge in [0.2, 0.25) is 11.8 Å². The molecule has 2 aliphatic rings. The van der Waals surface area contributed by atoms with Crippen LogP contribution in [0, 0.1) is 5.92 Å². The normalized spacial score (nSPS) is 17.5. The Hall–Kier alpha value is -2.08. The number of nitrogens with zero attached hydrogens (tertiary/aromatic N) is 3. The lowest BCUT2D eigenvalue weighted by molar-refractivity contribution is -0.140. The van der Waals surface area contributed by atoms with Gasteiger partial charge in [0, 0.05) is 38.6 Å². The first-order valence-corrected chi connectivity index (χ1v) is 9.56. The van der Waals surface area contributed by atoms with Crippen molar-refractivity contribution in [3.8, 4) is 5.75 Å². The number of rotatable bonds is 8. The molecular weight excluding hydrogens is 330 g/mol. The van der Waals surface area contributed by atoms with E-state index in [0.29, 0.717) is 39.3 Å². The van der Waals surface area contributed by atoms with E-state index in [-0.39, 0.29) is 17.7 Å². The Morgan fingerprint density at radius 1 is 1.08 bits per heavy atom. The van der Waals surface area contributed by atoms with Crippen molar-refractivity contribution >= 4 is 11.8 Å². The molecule has 26 heavy (non-hydrogen) atoms. The molecule has 0 radical (unpaired) electrons. The van der Waals surface area contributed by atoms with Gasteiger partial charge in [0.1, 0.15) is 5.75 Å². The van der Waals surface area contributed by atoms with Crippen molar-refractivity contribution in [2.75, 3.05) is 52.9 Å².